The molecular weight excluding hydrogens is 358 g/mol. The third-order valence-electron chi connectivity index (χ3n) is 4.44. The quantitative estimate of drug-likeness (QED) is 0.649. The van der Waals surface area contributed by atoms with E-state index in [9.17, 15) is 9.59 Å². The molecule has 28 heavy (non-hydrogen) atoms. The normalized spacial score (nSPS) is 11.9. The van der Waals surface area contributed by atoms with Gasteiger partial charge in [-0.05, 0) is 50.1 Å². The fourth-order valence-corrected chi connectivity index (χ4v) is 2.93. The molecule has 1 heterocycles. The SMILES string of the molecule is COc1ccc(C)cc1NC(=O)[C@H](C)OC(=O)Cc1coc2cc(C)ccc12. The predicted molar refractivity (Wildman–Crippen MR) is 107 cm³/mol. The molecule has 0 bridgehead atoms. The Hall–Kier alpha value is -3.28. The minimum Gasteiger partial charge on any atom is -0.495 e. The van der Waals surface area contributed by atoms with E-state index in [0.717, 1.165) is 27.7 Å². The molecule has 2 aromatic carbocycles. The van der Waals surface area contributed by atoms with Crippen LogP contribution in [0.5, 0.6) is 5.75 Å². The van der Waals surface area contributed by atoms with Crippen molar-refractivity contribution in [2.75, 3.05) is 12.4 Å². The van der Waals surface area contributed by atoms with Gasteiger partial charge in [-0.25, -0.2) is 0 Å². The van der Waals surface area contributed by atoms with Crippen molar-refractivity contribution in [1.29, 1.82) is 0 Å². The number of nitrogens with one attached hydrogen (secondary N) is 1. The molecule has 6 heteroatoms. The Balaban J connectivity index is 1.63. The lowest BCUT2D eigenvalue weighted by atomic mass is 10.1. The number of rotatable bonds is 6. The first-order valence-electron chi connectivity index (χ1n) is 8.99. The van der Waals surface area contributed by atoms with Gasteiger partial charge in [0.1, 0.15) is 11.3 Å². The largest absolute Gasteiger partial charge is 0.495 e. The molecule has 1 aromatic heterocycles. The molecular formula is C22H23NO5. The number of carbonyl (C=O) groups excluding carboxylic acids is 2. The number of ether oxygens (including phenoxy) is 2. The van der Waals surface area contributed by atoms with Crippen molar-refractivity contribution in [2.45, 2.75) is 33.3 Å². The van der Waals surface area contributed by atoms with Gasteiger partial charge in [0.25, 0.3) is 5.91 Å². The number of fused-ring (bicyclic) bond motifs is 1. The number of hydrogen-bond acceptors (Lipinski definition) is 5. The Morgan fingerprint density at radius 2 is 1.82 bits per heavy atom. The van der Waals surface area contributed by atoms with Gasteiger partial charge in [0.05, 0.1) is 25.5 Å². The highest BCUT2D eigenvalue weighted by molar-refractivity contribution is 5.96. The van der Waals surface area contributed by atoms with Crippen LogP contribution < -0.4 is 10.1 Å². The zero-order valence-corrected chi connectivity index (χ0v) is 16.4. The van der Waals surface area contributed by atoms with E-state index < -0.39 is 18.0 Å². The number of furan rings is 1. The second-order valence-corrected chi connectivity index (χ2v) is 6.76. The lowest BCUT2D eigenvalue weighted by molar-refractivity contribution is -0.152. The average Bonchev–Trinajstić information content (AvgIpc) is 3.03. The van der Waals surface area contributed by atoms with Crippen LogP contribution in [0, 0.1) is 13.8 Å². The predicted octanol–water partition coefficient (Wildman–Crippen LogP) is 4.17. The van der Waals surface area contributed by atoms with Gasteiger partial charge < -0.3 is 19.2 Å². The highest BCUT2D eigenvalue weighted by atomic mass is 16.5. The van der Waals surface area contributed by atoms with Crippen LogP contribution in [0.1, 0.15) is 23.6 Å². The molecule has 1 atom stereocenters. The maximum Gasteiger partial charge on any atom is 0.311 e. The van der Waals surface area contributed by atoms with Crippen LogP contribution in [0.15, 0.2) is 47.1 Å². The van der Waals surface area contributed by atoms with Crippen molar-refractivity contribution in [3.05, 3.63) is 59.4 Å². The molecule has 0 spiro atoms. The summed E-state index contributed by atoms with van der Waals surface area (Å²) in [5.41, 5.74) is 4.04. The van der Waals surface area contributed by atoms with Gasteiger partial charge in [0.2, 0.25) is 0 Å². The molecule has 146 valence electrons. The highest BCUT2D eigenvalue weighted by Gasteiger charge is 2.20. The summed E-state index contributed by atoms with van der Waals surface area (Å²) in [5, 5.41) is 3.61. The van der Waals surface area contributed by atoms with Crippen LogP contribution in [0.4, 0.5) is 5.69 Å². The van der Waals surface area contributed by atoms with Crippen molar-refractivity contribution in [1.82, 2.24) is 0 Å². The van der Waals surface area contributed by atoms with Gasteiger partial charge in [0, 0.05) is 10.9 Å². The molecule has 6 nitrogen and oxygen atoms in total. The molecule has 1 amide bonds. The molecule has 0 aliphatic rings. The van der Waals surface area contributed by atoms with Gasteiger partial charge in [0.15, 0.2) is 6.10 Å². The average molecular weight is 381 g/mol. The lowest BCUT2D eigenvalue weighted by Gasteiger charge is -2.15. The third kappa shape index (κ3) is 4.34. The fourth-order valence-electron chi connectivity index (χ4n) is 2.93. The number of aryl methyl sites for hydroxylation is 2. The Morgan fingerprint density at radius 3 is 2.57 bits per heavy atom. The maximum absolute atomic E-state index is 12.4. The third-order valence-corrected chi connectivity index (χ3v) is 4.44. The minimum atomic E-state index is -0.946. The van der Waals surface area contributed by atoms with E-state index >= 15 is 0 Å². The highest BCUT2D eigenvalue weighted by Crippen LogP contribution is 2.26. The van der Waals surface area contributed by atoms with Gasteiger partial charge in [-0.15, -0.1) is 0 Å². The monoisotopic (exact) mass is 381 g/mol. The zero-order chi connectivity index (χ0) is 20.3. The van der Waals surface area contributed by atoms with Gasteiger partial charge >= 0.3 is 5.97 Å². The summed E-state index contributed by atoms with van der Waals surface area (Å²) in [7, 11) is 1.53. The number of anilines is 1. The Labute approximate surface area is 163 Å². The number of carbonyl (C=O) groups is 2. The number of esters is 1. The summed E-state index contributed by atoms with van der Waals surface area (Å²) < 4.78 is 16.0. The molecule has 3 aromatic rings. The summed E-state index contributed by atoms with van der Waals surface area (Å²) in [4.78, 5) is 24.7. The molecule has 0 fully saturated rings. The van der Waals surface area contributed by atoms with Crippen LogP contribution in [0.25, 0.3) is 11.0 Å². The Morgan fingerprint density at radius 1 is 1.11 bits per heavy atom. The molecule has 3 rings (SSSR count). The number of benzene rings is 2. The first kappa shape index (κ1) is 19.5. The number of methoxy groups -OCH3 is 1. The van der Waals surface area contributed by atoms with Crippen molar-refractivity contribution in [3.8, 4) is 5.75 Å². The summed E-state index contributed by atoms with van der Waals surface area (Å²) in [6.07, 6.45) is 0.632. The van der Waals surface area contributed by atoms with E-state index in [1.165, 1.54) is 14.0 Å². The molecule has 0 aliphatic heterocycles. The zero-order valence-electron chi connectivity index (χ0n) is 16.4. The van der Waals surface area contributed by atoms with Crippen molar-refractivity contribution in [3.63, 3.8) is 0 Å². The van der Waals surface area contributed by atoms with E-state index in [0.29, 0.717) is 11.4 Å². The standard InChI is InChI=1S/C22H23NO5/c1-13-6-8-19(26-4)18(9-13)23-22(25)15(3)28-21(24)11-16-12-27-20-10-14(2)5-7-17(16)20/h5-10,12,15H,11H2,1-4H3,(H,23,25)/t15-/m0/s1. The van der Waals surface area contributed by atoms with Crippen LogP contribution in [-0.2, 0) is 20.7 Å². The van der Waals surface area contributed by atoms with Gasteiger partial charge in [-0.2, -0.15) is 0 Å². The van der Waals surface area contributed by atoms with Crippen LogP contribution in [0.2, 0.25) is 0 Å². The van der Waals surface area contributed by atoms with E-state index in [2.05, 4.69) is 5.32 Å². The maximum atomic E-state index is 12.4. The van der Waals surface area contributed by atoms with Crippen molar-refractivity contribution >= 4 is 28.5 Å². The lowest BCUT2D eigenvalue weighted by Crippen LogP contribution is -2.30. The summed E-state index contributed by atoms with van der Waals surface area (Å²) >= 11 is 0. The second kappa shape index (κ2) is 8.17. The van der Waals surface area contributed by atoms with Crippen molar-refractivity contribution in [2.24, 2.45) is 0 Å². The summed E-state index contributed by atoms with van der Waals surface area (Å²) in [6.45, 7) is 5.42. The summed E-state index contributed by atoms with van der Waals surface area (Å²) in [6, 6.07) is 11.2. The van der Waals surface area contributed by atoms with E-state index in [1.807, 2.05) is 38.1 Å². The molecule has 0 saturated carbocycles. The number of amides is 1. The fraction of sp³-hybridized carbons (Fsp3) is 0.273. The first-order valence-corrected chi connectivity index (χ1v) is 8.99. The smallest absolute Gasteiger partial charge is 0.311 e. The van der Waals surface area contributed by atoms with E-state index in [-0.39, 0.29) is 6.42 Å². The minimum absolute atomic E-state index is 0.0292. The van der Waals surface area contributed by atoms with Crippen molar-refractivity contribution < 1.29 is 23.5 Å². The molecule has 0 unspecified atom stereocenters. The molecule has 0 aliphatic carbocycles. The van der Waals surface area contributed by atoms with Gasteiger partial charge in [-0.3, -0.25) is 9.59 Å². The van der Waals surface area contributed by atoms with Gasteiger partial charge in [-0.1, -0.05) is 18.2 Å². The Bertz CT molecular complexity index is 1020. The Kier molecular flexibility index (Phi) is 5.68. The molecule has 0 radical (unpaired) electrons. The van der Waals surface area contributed by atoms with Crippen LogP contribution >= 0.6 is 0 Å². The first-order chi connectivity index (χ1) is 13.4. The topological polar surface area (TPSA) is 77.8 Å². The van der Waals surface area contributed by atoms with Crippen LogP contribution in [-0.4, -0.2) is 25.1 Å². The van der Waals surface area contributed by atoms with Crippen LogP contribution in [0.3, 0.4) is 0 Å². The van der Waals surface area contributed by atoms with E-state index in [4.69, 9.17) is 13.9 Å². The second-order valence-electron chi connectivity index (χ2n) is 6.76. The summed E-state index contributed by atoms with van der Waals surface area (Å²) in [5.74, 6) is -0.385. The molecule has 1 N–H and O–H groups in total. The number of hydrogen-bond donors (Lipinski definition) is 1. The van der Waals surface area contributed by atoms with E-state index in [1.54, 1.807) is 18.4 Å². The molecule has 0 saturated heterocycles.